The number of benzene rings is 1. The Balaban J connectivity index is 1.06. The van der Waals surface area contributed by atoms with E-state index in [0.29, 0.717) is 41.7 Å². The van der Waals surface area contributed by atoms with E-state index in [1.165, 1.54) is 29.4 Å². The van der Waals surface area contributed by atoms with E-state index in [0.717, 1.165) is 43.1 Å². The third kappa shape index (κ3) is 3.97. The number of amides is 2. The zero-order valence-electron chi connectivity index (χ0n) is 19.9. The number of carbonyl (C=O) groups is 2. The number of imide groups is 1. The summed E-state index contributed by atoms with van der Waals surface area (Å²) in [6.45, 7) is 3.09. The van der Waals surface area contributed by atoms with Gasteiger partial charge in [-0.3, -0.25) is 14.5 Å². The molecule has 176 valence electrons. The van der Waals surface area contributed by atoms with Gasteiger partial charge < -0.3 is 4.74 Å². The number of para-hydroxylation sites is 1. The molecule has 4 aliphatic carbocycles. The van der Waals surface area contributed by atoms with E-state index in [-0.39, 0.29) is 11.8 Å². The third-order valence-corrected chi connectivity index (χ3v) is 8.70. The summed E-state index contributed by atoms with van der Waals surface area (Å²) in [5.74, 6) is 4.30. The van der Waals surface area contributed by atoms with E-state index in [9.17, 15) is 9.59 Å². The average Bonchev–Trinajstić information content (AvgIpc) is 3.65. The van der Waals surface area contributed by atoms with Crippen LogP contribution in [0.1, 0.15) is 44.6 Å². The normalized spacial score (nSPS) is 33.5. The van der Waals surface area contributed by atoms with Gasteiger partial charge in [0.05, 0.1) is 6.61 Å². The molecular formula is C30H33NO3. The van der Waals surface area contributed by atoms with Crippen molar-refractivity contribution in [1.29, 1.82) is 0 Å². The molecular weight excluding hydrogens is 422 g/mol. The highest BCUT2D eigenvalue weighted by molar-refractivity contribution is 6.15. The summed E-state index contributed by atoms with van der Waals surface area (Å²) in [6.07, 6.45) is 18.9. The van der Waals surface area contributed by atoms with Gasteiger partial charge in [0.15, 0.2) is 0 Å². The monoisotopic (exact) mass is 455 g/mol. The zero-order valence-corrected chi connectivity index (χ0v) is 19.9. The van der Waals surface area contributed by atoms with Crippen LogP contribution in [0.2, 0.25) is 0 Å². The molecule has 1 aromatic carbocycles. The first-order chi connectivity index (χ1) is 16.5. The molecule has 0 N–H and O–H groups in total. The minimum atomic E-state index is -0.145. The van der Waals surface area contributed by atoms with Gasteiger partial charge in [0.1, 0.15) is 5.75 Å². The van der Waals surface area contributed by atoms with E-state index in [1.807, 2.05) is 6.07 Å². The first-order valence-electron chi connectivity index (χ1n) is 12.9. The van der Waals surface area contributed by atoms with E-state index in [4.69, 9.17) is 4.74 Å². The lowest BCUT2D eigenvalue weighted by atomic mass is 9.85. The van der Waals surface area contributed by atoms with Gasteiger partial charge >= 0.3 is 0 Å². The molecule has 1 aromatic rings. The second kappa shape index (κ2) is 8.72. The molecule has 2 saturated carbocycles. The molecule has 2 amide bonds. The van der Waals surface area contributed by atoms with E-state index < -0.39 is 0 Å². The molecule has 0 radical (unpaired) electrons. The minimum Gasteiger partial charge on any atom is -0.493 e. The van der Waals surface area contributed by atoms with Crippen molar-refractivity contribution in [2.24, 2.45) is 35.5 Å². The van der Waals surface area contributed by atoms with Gasteiger partial charge in [-0.25, -0.2) is 0 Å². The molecule has 0 aromatic heterocycles. The number of rotatable bonds is 8. The maximum absolute atomic E-state index is 12.3. The van der Waals surface area contributed by atoms with Gasteiger partial charge in [0.25, 0.3) is 11.8 Å². The molecule has 1 aliphatic heterocycles. The van der Waals surface area contributed by atoms with Crippen molar-refractivity contribution in [1.82, 2.24) is 4.90 Å². The summed E-state index contributed by atoms with van der Waals surface area (Å²) in [7, 11) is 0. The van der Waals surface area contributed by atoms with Crippen molar-refractivity contribution in [3.8, 4) is 5.75 Å². The SMILES string of the molecule is CC1=CC(=O)N(CC2CC3C=C(C/C=C/c4ccccc4OCC4CC5C=CC4C5)C2C3)C1=O. The fraction of sp³-hybridized carbons (Fsp3) is 0.467. The molecule has 4 bridgehead atoms. The molecule has 4 heteroatoms. The molecule has 4 nitrogen and oxygen atoms in total. The van der Waals surface area contributed by atoms with Crippen LogP contribution >= 0.6 is 0 Å². The van der Waals surface area contributed by atoms with Crippen LogP contribution in [0.15, 0.2) is 65.8 Å². The maximum atomic E-state index is 12.3. The van der Waals surface area contributed by atoms with Crippen LogP contribution in [0.5, 0.6) is 5.75 Å². The van der Waals surface area contributed by atoms with Gasteiger partial charge in [-0.15, -0.1) is 0 Å². The molecule has 34 heavy (non-hydrogen) atoms. The molecule has 6 unspecified atom stereocenters. The molecule has 1 heterocycles. The second-order valence-electron chi connectivity index (χ2n) is 10.9. The Labute approximate surface area is 202 Å². The average molecular weight is 456 g/mol. The fourth-order valence-corrected chi connectivity index (χ4v) is 7.01. The summed E-state index contributed by atoms with van der Waals surface area (Å²) in [6, 6.07) is 8.33. The lowest BCUT2D eigenvalue weighted by Crippen LogP contribution is -2.37. The number of carbonyl (C=O) groups excluding carboxylic acids is 2. The Bertz CT molecular complexity index is 1130. The maximum Gasteiger partial charge on any atom is 0.256 e. The standard InChI is InChI=1S/C30H33NO3/c1-19-11-29(32)31(30(19)33)17-25-15-21-14-24(27(25)16-21)7-4-6-22-5-2-3-8-28(22)34-18-26-13-20-9-10-23(26)12-20/h2-6,8-11,14,20-21,23,25-27H,7,12-13,15-18H2,1H3/b6-4+. The fourth-order valence-electron chi connectivity index (χ4n) is 7.01. The minimum absolute atomic E-state index is 0.115. The summed E-state index contributed by atoms with van der Waals surface area (Å²) in [4.78, 5) is 26.0. The zero-order chi connectivity index (χ0) is 23.2. The summed E-state index contributed by atoms with van der Waals surface area (Å²) in [5.41, 5.74) is 3.16. The first kappa shape index (κ1) is 21.6. The summed E-state index contributed by atoms with van der Waals surface area (Å²) in [5, 5.41) is 0. The van der Waals surface area contributed by atoms with Gasteiger partial charge in [0.2, 0.25) is 0 Å². The Morgan fingerprint density at radius 2 is 1.88 bits per heavy atom. The van der Waals surface area contributed by atoms with Gasteiger partial charge in [-0.05, 0) is 80.6 Å². The Morgan fingerprint density at radius 1 is 1.03 bits per heavy atom. The first-order valence-corrected chi connectivity index (χ1v) is 12.9. The Morgan fingerprint density at radius 3 is 2.62 bits per heavy atom. The lowest BCUT2D eigenvalue weighted by molar-refractivity contribution is -0.138. The van der Waals surface area contributed by atoms with Gasteiger partial charge in [0, 0.05) is 23.8 Å². The van der Waals surface area contributed by atoms with Crippen molar-refractivity contribution < 1.29 is 14.3 Å². The van der Waals surface area contributed by atoms with Crippen molar-refractivity contribution in [2.45, 2.75) is 39.0 Å². The largest absolute Gasteiger partial charge is 0.493 e. The van der Waals surface area contributed by atoms with Crippen LogP contribution in [0.3, 0.4) is 0 Å². The van der Waals surface area contributed by atoms with Crippen LogP contribution in [0.25, 0.3) is 6.08 Å². The predicted molar refractivity (Wildman–Crippen MR) is 133 cm³/mol. The molecule has 0 spiro atoms. The van der Waals surface area contributed by atoms with Crippen LogP contribution in [0, 0.1) is 35.5 Å². The van der Waals surface area contributed by atoms with Crippen LogP contribution in [-0.4, -0.2) is 29.9 Å². The number of fused-ring (bicyclic) bond motifs is 4. The molecule has 6 rings (SSSR count). The number of ether oxygens (including phenoxy) is 1. The van der Waals surface area contributed by atoms with Crippen LogP contribution in [-0.2, 0) is 9.59 Å². The molecule has 2 fully saturated rings. The molecule has 5 aliphatic rings. The highest BCUT2D eigenvalue weighted by Crippen LogP contribution is 2.49. The number of nitrogens with zero attached hydrogens (tertiary/aromatic N) is 1. The topological polar surface area (TPSA) is 46.6 Å². The number of hydrogen-bond acceptors (Lipinski definition) is 3. The van der Waals surface area contributed by atoms with Crippen molar-refractivity contribution >= 4 is 17.9 Å². The smallest absolute Gasteiger partial charge is 0.256 e. The summed E-state index contributed by atoms with van der Waals surface area (Å²) >= 11 is 0. The van der Waals surface area contributed by atoms with Crippen molar-refractivity contribution in [2.75, 3.05) is 13.2 Å². The summed E-state index contributed by atoms with van der Waals surface area (Å²) < 4.78 is 6.29. The van der Waals surface area contributed by atoms with Crippen molar-refractivity contribution in [3.05, 3.63) is 71.4 Å². The number of hydrogen-bond donors (Lipinski definition) is 0. The molecule has 6 atom stereocenters. The Hall–Kier alpha value is -2.88. The quantitative estimate of drug-likeness (QED) is 0.380. The molecule has 0 saturated heterocycles. The lowest BCUT2D eigenvalue weighted by Gasteiger charge is -2.27. The van der Waals surface area contributed by atoms with Crippen LogP contribution < -0.4 is 4.74 Å². The predicted octanol–water partition coefficient (Wildman–Crippen LogP) is 5.58. The van der Waals surface area contributed by atoms with E-state index in [1.54, 1.807) is 6.92 Å². The Kier molecular flexibility index (Phi) is 5.55. The highest BCUT2D eigenvalue weighted by Gasteiger charge is 2.43. The highest BCUT2D eigenvalue weighted by atomic mass is 16.5. The van der Waals surface area contributed by atoms with E-state index in [2.05, 4.69) is 48.6 Å². The van der Waals surface area contributed by atoms with Crippen molar-refractivity contribution in [3.63, 3.8) is 0 Å². The van der Waals surface area contributed by atoms with Crippen LogP contribution in [0.4, 0.5) is 0 Å². The third-order valence-electron chi connectivity index (χ3n) is 8.70. The van der Waals surface area contributed by atoms with E-state index >= 15 is 0 Å². The van der Waals surface area contributed by atoms with Gasteiger partial charge in [-0.1, -0.05) is 54.2 Å². The van der Waals surface area contributed by atoms with Gasteiger partial charge in [-0.2, -0.15) is 0 Å². The number of allylic oxidation sites excluding steroid dienone is 5. The second-order valence-corrected chi connectivity index (χ2v) is 10.9.